The van der Waals surface area contributed by atoms with Crippen LogP contribution in [0.1, 0.15) is 29.9 Å². The molecule has 0 aliphatic heterocycles. The molecule has 0 saturated heterocycles. The second-order valence-corrected chi connectivity index (χ2v) is 5.47. The fourth-order valence-corrected chi connectivity index (χ4v) is 2.87. The number of hydrogen-bond donors (Lipinski definition) is 1. The molecule has 2 aromatic rings. The Balaban J connectivity index is 1.64. The van der Waals surface area contributed by atoms with Crippen molar-refractivity contribution in [3.05, 3.63) is 65.2 Å². The second kappa shape index (κ2) is 5.23. The van der Waals surface area contributed by atoms with Crippen molar-refractivity contribution in [2.24, 2.45) is 0 Å². The Morgan fingerprint density at radius 3 is 2.50 bits per heavy atom. The van der Waals surface area contributed by atoms with E-state index < -0.39 is 11.6 Å². The molecule has 0 spiro atoms. The molecule has 3 heteroatoms. The molecule has 3 rings (SSSR count). The maximum atomic E-state index is 13.6. The van der Waals surface area contributed by atoms with Crippen molar-refractivity contribution in [3.63, 3.8) is 0 Å². The zero-order chi connectivity index (χ0) is 14.1. The molecule has 0 heterocycles. The van der Waals surface area contributed by atoms with Crippen LogP contribution in [-0.2, 0) is 0 Å². The Labute approximate surface area is 117 Å². The van der Waals surface area contributed by atoms with Gasteiger partial charge in [-0.25, -0.2) is 8.78 Å². The average Bonchev–Trinajstić information content (AvgIpc) is 2.39. The third-order valence-corrected chi connectivity index (χ3v) is 4.08. The lowest BCUT2D eigenvalue weighted by atomic mass is 9.74. The van der Waals surface area contributed by atoms with Crippen molar-refractivity contribution in [1.82, 2.24) is 0 Å². The molecule has 0 amide bonds. The van der Waals surface area contributed by atoms with Crippen LogP contribution in [0.2, 0.25) is 0 Å². The molecule has 1 saturated carbocycles. The lowest BCUT2D eigenvalue weighted by Crippen LogP contribution is -2.34. The first kappa shape index (κ1) is 13.1. The Morgan fingerprint density at radius 2 is 1.75 bits per heavy atom. The molecular weight excluding hydrogens is 256 g/mol. The van der Waals surface area contributed by atoms with Crippen molar-refractivity contribution in [2.45, 2.75) is 31.7 Å². The monoisotopic (exact) mass is 273 g/mol. The lowest BCUT2D eigenvalue weighted by molar-refractivity contribution is 0.371. The van der Waals surface area contributed by atoms with Gasteiger partial charge in [-0.1, -0.05) is 30.3 Å². The Morgan fingerprint density at radius 1 is 1.00 bits per heavy atom. The van der Waals surface area contributed by atoms with Crippen LogP contribution in [0.25, 0.3) is 0 Å². The highest BCUT2D eigenvalue weighted by Gasteiger charge is 2.31. The molecular formula is C17H17F2N. The summed E-state index contributed by atoms with van der Waals surface area (Å²) in [5.74, 6) is -1.07. The van der Waals surface area contributed by atoms with E-state index in [4.69, 9.17) is 0 Å². The third kappa shape index (κ3) is 2.40. The summed E-state index contributed by atoms with van der Waals surface area (Å²) in [6.45, 7) is 2.11. The number of rotatable bonds is 3. The molecule has 2 aromatic carbocycles. The largest absolute Gasteiger partial charge is 0.380 e. The van der Waals surface area contributed by atoms with Crippen molar-refractivity contribution in [2.75, 3.05) is 5.32 Å². The number of nitrogens with one attached hydrogen (secondary N) is 1. The molecule has 1 aliphatic carbocycles. The maximum Gasteiger partial charge on any atom is 0.181 e. The highest BCUT2D eigenvalue weighted by Crippen LogP contribution is 2.40. The summed E-state index contributed by atoms with van der Waals surface area (Å²) in [6.07, 6.45) is 1.92. The number of aryl methyl sites for hydroxylation is 1. The van der Waals surface area contributed by atoms with Crippen molar-refractivity contribution >= 4 is 5.69 Å². The number of hydrogen-bond acceptors (Lipinski definition) is 1. The summed E-state index contributed by atoms with van der Waals surface area (Å²) in [4.78, 5) is 0. The van der Waals surface area contributed by atoms with Crippen LogP contribution in [0.4, 0.5) is 14.5 Å². The van der Waals surface area contributed by atoms with Crippen LogP contribution in [0.5, 0.6) is 0 Å². The summed E-state index contributed by atoms with van der Waals surface area (Å²) < 4.78 is 26.7. The number of halogens is 2. The van der Waals surface area contributed by atoms with Gasteiger partial charge >= 0.3 is 0 Å². The first-order valence-corrected chi connectivity index (χ1v) is 6.91. The average molecular weight is 273 g/mol. The predicted molar refractivity (Wildman–Crippen MR) is 76.9 cm³/mol. The highest BCUT2D eigenvalue weighted by atomic mass is 19.2. The molecule has 104 valence electrons. The van der Waals surface area contributed by atoms with E-state index in [0.29, 0.717) is 5.92 Å². The van der Waals surface area contributed by atoms with Gasteiger partial charge in [-0.3, -0.25) is 0 Å². The van der Waals surface area contributed by atoms with Crippen molar-refractivity contribution in [1.29, 1.82) is 0 Å². The summed E-state index contributed by atoms with van der Waals surface area (Å²) in [7, 11) is 0. The van der Waals surface area contributed by atoms with E-state index in [1.807, 2.05) is 6.07 Å². The SMILES string of the molecule is Cc1ccccc1C1CC(Nc2cccc(F)c2F)C1. The van der Waals surface area contributed by atoms with E-state index in [1.165, 1.54) is 17.2 Å². The standard InChI is InChI=1S/C17H17F2N/c1-11-5-2-3-6-14(11)12-9-13(10-12)20-16-8-4-7-15(18)17(16)19/h2-8,12-13,20H,9-10H2,1H3. The van der Waals surface area contributed by atoms with E-state index in [0.717, 1.165) is 18.9 Å². The lowest BCUT2D eigenvalue weighted by Gasteiger charge is -2.37. The Kier molecular flexibility index (Phi) is 3.43. The summed E-state index contributed by atoms with van der Waals surface area (Å²) >= 11 is 0. The van der Waals surface area contributed by atoms with Crippen molar-refractivity contribution < 1.29 is 8.78 Å². The van der Waals surface area contributed by atoms with E-state index in [-0.39, 0.29) is 11.7 Å². The van der Waals surface area contributed by atoms with Gasteiger partial charge in [-0.15, -0.1) is 0 Å². The van der Waals surface area contributed by atoms with Crippen LogP contribution in [-0.4, -0.2) is 6.04 Å². The molecule has 1 aliphatic rings. The van der Waals surface area contributed by atoms with Gasteiger partial charge in [-0.05, 0) is 48.9 Å². The normalized spacial score (nSPS) is 21.4. The quantitative estimate of drug-likeness (QED) is 0.859. The van der Waals surface area contributed by atoms with Crippen LogP contribution >= 0.6 is 0 Å². The fraction of sp³-hybridized carbons (Fsp3) is 0.294. The summed E-state index contributed by atoms with van der Waals surface area (Å²) in [5, 5.41) is 3.09. The van der Waals surface area contributed by atoms with Gasteiger partial charge in [0.2, 0.25) is 0 Å². The minimum atomic E-state index is -0.801. The molecule has 0 bridgehead atoms. The van der Waals surface area contributed by atoms with Crippen LogP contribution in [0.3, 0.4) is 0 Å². The third-order valence-electron chi connectivity index (χ3n) is 4.08. The molecule has 1 fully saturated rings. The fourth-order valence-electron chi connectivity index (χ4n) is 2.87. The Hall–Kier alpha value is -1.90. The maximum absolute atomic E-state index is 13.6. The van der Waals surface area contributed by atoms with E-state index >= 15 is 0 Å². The molecule has 1 nitrogen and oxygen atoms in total. The van der Waals surface area contributed by atoms with Gasteiger partial charge in [0.15, 0.2) is 11.6 Å². The van der Waals surface area contributed by atoms with Gasteiger partial charge in [0, 0.05) is 6.04 Å². The van der Waals surface area contributed by atoms with Crippen LogP contribution in [0, 0.1) is 18.6 Å². The summed E-state index contributed by atoms with van der Waals surface area (Å²) in [5.41, 5.74) is 2.93. The van der Waals surface area contributed by atoms with Gasteiger partial charge in [0.1, 0.15) is 0 Å². The molecule has 0 atom stereocenters. The first-order chi connectivity index (χ1) is 9.65. The van der Waals surface area contributed by atoms with Crippen LogP contribution in [0.15, 0.2) is 42.5 Å². The molecule has 0 radical (unpaired) electrons. The number of anilines is 1. The number of benzene rings is 2. The Bertz CT molecular complexity index is 618. The van der Waals surface area contributed by atoms with E-state index in [9.17, 15) is 8.78 Å². The van der Waals surface area contributed by atoms with Gasteiger partial charge in [0.25, 0.3) is 0 Å². The van der Waals surface area contributed by atoms with Gasteiger partial charge in [-0.2, -0.15) is 0 Å². The molecule has 0 aromatic heterocycles. The van der Waals surface area contributed by atoms with E-state index in [1.54, 1.807) is 6.07 Å². The van der Waals surface area contributed by atoms with Crippen molar-refractivity contribution in [3.8, 4) is 0 Å². The first-order valence-electron chi connectivity index (χ1n) is 6.91. The van der Waals surface area contributed by atoms with E-state index in [2.05, 4.69) is 30.4 Å². The zero-order valence-electron chi connectivity index (χ0n) is 11.4. The zero-order valence-corrected chi connectivity index (χ0v) is 11.4. The minimum Gasteiger partial charge on any atom is -0.380 e. The predicted octanol–water partition coefficient (Wildman–Crippen LogP) is 4.63. The molecule has 20 heavy (non-hydrogen) atoms. The topological polar surface area (TPSA) is 12.0 Å². The molecule has 0 unspecified atom stereocenters. The van der Waals surface area contributed by atoms with Gasteiger partial charge in [0.05, 0.1) is 5.69 Å². The minimum absolute atomic E-state index is 0.218. The van der Waals surface area contributed by atoms with Crippen LogP contribution < -0.4 is 5.32 Å². The smallest absolute Gasteiger partial charge is 0.181 e. The second-order valence-electron chi connectivity index (χ2n) is 5.47. The molecule has 1 N–H and O–H groups in total. The van der Waals surface area contributed by atoms with Gasteiger partial charge < -0.3 is 5.32 Å². The highest BCUT2D eigenvalue weighted by molar-refractivity contribution is 5.47. The summed E-state index contributed by atoms with van der Waals surface area (Å²) in [6, 6.07) is 12.8.